The summed E-state index contributed by atoms with van der Waals surface area (Å²) in [5.41, 5.74) is 2.03. The summed E-state index contributed by atoms with van der Waals surface area (Å²) in [5, 5.41) is 5.61. The zero-order chi connectivity index (χ0) is 21.8. The fourth-order valence-electron chi connectivity index (χ4n) is 2.76. The molecule has 2 N–H and O–H groups in total. The van der Waals surface area contributed by atoms with Gasteiger partial charge in [0.1, 0.15) is 0 Å². The Morgan fingerprint density at radius 2 is 1.62 bits per heavy atom. The maximum Gasteiger partial charge on any atom is 0.256 e. The maximum absolute atomic E-state index is 12.9. The molecule has 8 heteroatoms. The van der Waals surface area contributed by atoms with Gasteiger partial charge in [-0.3, -0.25) is 13.9 Å². The lowest BCUT2D eigenvalue weighted by Crippen LogP contribution is -2.29. The van der Waals surface area contributed by atoms with Gasteiger partial charge in [0, 0.05) is 19.2 Å². The Hall–Kier alpha value is -2.87. The van der Waals surface area contributed by atoms with Crippen LogP contribution in [0.25, 0.3) is 0 Å². The Morgan fingerprint density at radius 3 is 2.24 bits per heavy atom. The number of anilines is 2. The molecule has 0 radical (unpaired) electrons. The van der Waals surface area contributed by atoms with Crippen LogP contribution in [0.5, 0.6) is 0 Å². The van der Waals surface area contributed by atoms with Crippen molar-refractivity contribution >= 4 is 33.2 Å². The first-order chi connectivity index (χ1) is 13.5. The molecular formula is C21H27N3O4S. The number of amides is 2. The molecule has 2 rings (SSSR count). The number of rotatable bonds is 7. The van der Waals surface area contributed by atoms with E-state index in [4.69, 9.17) is 0 Å². The molecule has 7 nitrogen and oxygen atoms in total. The SMILES string of the molecule is Cc1c(C(=O)Nc2ccccc2C(=O)NCC(C)C)cccc1N(C)S(C)(=O)=O. The lowest BCUT2D eigenvalue weighted by atomic mass is 10.1. The minimum atomic E-state index is -3.46. The predicted octanol–water partition coefficient (Wildman–Crippen LogP) is 3.03. The van der Waals surface area contributed by atoms with Gasteiger partial charge in [-0.05, 0) is 42.7 Å². The first-order valence-electron chi connectivity index (χ1n) is 9.24. The molecule has 0 saturated carbocycles. The third-order valence-electron chi connectivity index (χ3n) is 4.48. The van der Waals surface area contributed by atoms with Crippen molar-refractivity contribution in [2.45, 2.75) is 20.8 Å². The molecule has 0 atom stereocenters. The van der Waals surface area contributed by atoms with E-state index in [0.717, 1.165) is 10.6 Å². The molecule has 0 spiro atoms. The van der Waals surface area contributed by atoms with Crippen LogP contribution in [-0.4, -0.2) is 40.1 Å². The number of para-hydroxylation sites is 1. The summed E-state index contributed by atoms with van der Waals surface area (Å²) in [6.07, 6.45) is 1.10. The Labute approximate surface area is 172 Å². The van der Waals surface area contributed by atoms with E-state index >= 15 is 0 Å². The number of sulfonamides is 1. The molecule has 0 fully saturated rings. The highest BCUT2D eigenvalue weighted by Gasteiger charge is 2.20. The van der Waals surface area contributed by atoms with Gasteiger partial charge in [-0.15, -0.1) is 0 Å². The van der Waals surface area contributed by atoms with Gasteiger partial charge in [0.2, 0.25) is 10.0 Å². The summed E-state index contributed by atoms with van der Waals surface area (Å²) in [5.74, 6) is -0.384. The molecule has 0 bridgehead atoms. The molecule has 2 aromatic carbocycles. The van der Waals surface area contributed by atoms with Crippen LogP contribution >= 0.6 is 0 Å². The molecule has 0 aliphatic carbocycles. The molecule has 0 aliphatic rings. The highest BCUT2D eigenvalue weighted by molar-refractivity contribution is 7.92. The first-order valence-corrected chi connectivity index (χ1v) is 11.1. The molecule has 0 heterocycles. The zero-order valence-corrected chi connectivity index (χ0v) is 18.1. The first kappa shape index (κ1) is 22.4. The van der Waals surface area contributed by atoms with Crippen LogP contribution in [0.2, 0.25) is 0 Å². The summed E-state index contributed by atoms with van der Waals surface area (Å²) >= 11 is 0. The Bertz CT molecular complexity index is 1020. The van der Waals surface area contributed by atoms with Crippen molar-refractivity contribution in [2.24, 2.45) is 5.92 Å². The van der Waals surface area contributed by atoms with Crippen molar-refractivity contribution in [3.8, 4) is 0 Å². The zero-order valence-electron chi connectivity index (χ0n) is 17.3. The molecule has 0 saturated heterocycles. The van der Waals surface area contributed by atoms with E-state index < -0.39 is 15.9 Å². The standard InChI is InChI=1S/C21H27N3O4S/c1-14(2)13-22-20(25)17-9-6-7-11-18(17)23-21(26)16-10-8-12-19(15(16)3)24(4)29(5,27)28/h6-12,14H,13H2,1-5H3,(H,22,25)(H,23,26). The second-order valence-corrected chi connectivity index (χ2v) is 9.30. The number of nitrogens with one attached hydrogen (secondary N) is 2. The highest BCUT2D eigenvalue weighted by Crippen LogP contribution is 2.25. The third kappa shape index (κ3) is 5.57. The van der Waals surface area contributed by atoms with Crippen LogP contribution in [0.1, 0.15) is 40.1 Å². The number of carbonyl (C=O) groups is 2. The minimum Gasteiger partial charge on any atom is -0.352 e. The maximum atomic E-state index is 12.9. The average molecular weight is 418 g/mol. The number of hydrogen-bond donors (Lipinski definition) is 2. The van der Waals surface area contributed by atoms with Gasteiger partial charge in [-0.25, -0.2) is 8.42 Å². The predicted molar refractivity (Wildman–Crippen MR) is 116 cm³/mol. The Balaban J connectivity index is 2.32. The smallest absolute Gasteiger partial charge is 0.256 e. The fourth-order valence-corrected chi connectivity index (χ4v) is 3.32. The normalized spacial score (nSPS) is 11.2. The van der Waals surface area contributed by atoms with Crippen LogP contribution < -0.4 is 14.9 Å². The van der Waals surface area contributed by atoms with E-state index in [1.165, 1.54) is 7.05 Å². The molecule has 0 unspecified atom stereocenters. The summed E-state index contributed by atoms with van der Waals surface area (Å²) in [6, 6.07) is 11.6. The molecule has 156 valence electrons. The minimum absolute atomic E-state index is 0.267. The Morgan fingerprint density at radius 1 is 1.00 bits per heavy atom. The van der Waals surface area contributed by atoms with Crippen molar-refractivity contribution in [1.82, 2.24) is 5.32 Å². The number of nitrogens with zero attached hydrogens (tertiary/aromatic N) is 1. The van der Waals surface area contributed by atoms with Crippen molar-refractivity contribution < 1.29 is 18.0 Å². The van der Waals surface area contributed by atoms with Crippen LogP contribution in [-0.2, 0) is 10.0 Å². The van der Waals surface area contributed by atoms with Gasteiger partial charge in [0.15, 0.2) is 0 Å². The van der Waals surface area contributed by atoms with Crippen LogP contribution in [0.15, 0.2) is 42.5 Å². The molecule has 0 aromatic heterocycles. The van der Waals surface area contributed by atoms with Crippen molar-refractivity contribution in [2.75, 3.05) is 29.5 Å². The van der Waals surface area contributed by atoms with Crippen molar-refractivity contribution in [1.29, 1.82) is 0 Å². The average Bonchev–Trinajstić information content (AvgIpc) is 2.65. The van der Waals surface area contributed by atoms with Gasteiger partial charge < -0.3 is 10.6 Å². The van der Waals surface area contributed by atoms with E-state index in [2.05, 4.69) is 10.6 Å². The van der Waals surface area contributed by atoms with Crippen LogP contribution in [0.3, 0.4) is 0 Å². The lowest BCUT2D eigenvalue weighted by Gasteiger charge is -2.20. The van der Waals surface area contributed by atoms with Gasteiger partial charge in [0.25, 0.3) is 11.8 Å². The summed E-state index contributed by atoms with van der Waals surface area (Å²) < 4.78 is 24.9. The molecule has 2 aromatic rings. The summed E-state index contributed by atoms with van der Waals surface area (Å²) in [4.78, 5) is 25.4. The molecule has 29 heavy (non-hydrogen) atoms. The number of benzene rings is 2. The van der Waals surface area contributed by atoms with Crippen molar-refractivity contribution in [3.63, 3.8) is 0 Å². The lowest BCUT2D eigenvalue weighted by molar-refractivity contribution is 0.0950. The highest BCUT2D eigenvalue weighted by atomic mass is 32.2. The quantitative estimate of drug-likeness (QED) is 0.724. The molecular weight excluding hydrogens is 390 g/mol. The topological polar surface area (TPSA) is 95.6 Å². The van der Waals surface area contributed by atoms with Crippen LogP contribution in [0.4, 0.5) is 11.4 Å². The van der Waals surface area contributed by atoms with E-state index in [1.807, 2.05) is 13.8 Å². The monoisotopic (exact) mass is 417 g/mol. The van der Waals surface area contributed by atoms with Gasteiger partial charge in [-0.2, -0.15) is 0 Å². The van der Waals surface area contributed by atoms with Crippen molar-refractivity contribution in [3.05, 3.63) is 59.2 Å². The van der Waals surface area contributed by atoms with E-state index in [9.17, 15) is 18.0 Å². The van der Waals surface area contributed by atoms with Gasteiger partial charge >= 0.3 is 0 Å². The largest absolute Gasteiger partial charge is 0.352 e. The summed E-state index contributed by atoms with van der Waals surface area (Å²) in [7, 11) is -2.02. The fraction of sp³-hybridized carbons (Fsp3) is 0.333. The second-order valence-electron chi connectivity index (χ2n) is 7.28. The van der Waals surface area contributed by atoms with Gasteiger partial charge in [0.05, 0.1) is 23.2 Å². The molecule has 0 aliphatic heterocycles. The number of carbonyl (C=O) groups excluding carboxylic acids is 2. The number of hydrogen-bond acceptors (Lipinski definition) is 4. The summed E-state index contributed by atoms with van der Waals surface area (Å²) in [6.45, 7) is 6.21. The second kappa shape index (κ2) is 9.09. The van der Waals surface area contributed by atoms with Gasteiger partial charge in [-0.1, -0.05) is 32.0 Å². The Kier molecular flexibility index (Phi) is 7.02. The van der Waals surface area contributed by atoms with E-state index in [1.54, 1.807) is 49.4 Å². The van der Waals surface area contributed by atoms with E-state index in [-0.39, 0.29) is 5.91 Å². The van der Waals surface area contributed by atoms with E-state index in [0.29, 0.717) is 40.5 Å². The third-order valence-corrected chi connectivity index (χ3v) is 5.67. The molecule has 2 amide bonds. The van der Waals surface area contributed by atoms with Crippen LogP contribution in [0, 0.1) is 12.8 Å².